The molecule has 1 atom stereocenters. The summed E-state index contributed by atoms with van der Waals surface area (Å²) in [6.07, 6.45) is 3.89. The number of aromatic nitrogens is 3. The molecule has 0 spiro atoms. The number of hydrogen-bond acceptors (Lipinski definition) is 4. The van der Waals surface area contributed by atoms with Crippen LogP contribution in [0.3, 0.4) is 0 Å². The van der Waals surface area contributed by atoms with Gasteiger partial charge in [-0.25, -0.2) is 0 Å². The molecule has 1 unspecified atom stereocenters. The molecule has 2 heterocycles. The van der Waals surface area contributed by atoms with E-state index in [0.717, 1.165) is 5.52 Å². The molecule has 0 aliphatic carbocycles. The number of aliphatic hydroxyl groups is 1. The third kappa shape index (κ3) is 2.26. The second-order valence-corrected chi connectivity index (χ2v) is 3.75. The lowest BCUT2D eigenvalue weighted by molar-refractivity contribution is 0.0911. The van der Waals surface area contributed by atoms with E-state index in [4.69, 9.17) is 5.11 Å². The SMILES string of the molecule is CCC(CO)NC(=O)c1n[nH]c2ccncc12. The Labute approximate surface area is 98.1 Å². The Hall–Kier alpha value is -1.95. The average Bonchev–Trinajstić information content (AvgIpc) is 2.79. The number of pyridine rings is 1. The molecule has 6 heteroatoms. The molecule has 90 valence electrons. The number of aromatic amines is 1. The van der Waals surface area contributed by atoms with Gasteiger partial charge < -0.3 is 10.4 Å². The Morgan fingerprint density at radius 2 is 2.47 bits per heavy atom. The normalized spacial score (nSPS) is 12.6. The number of amides is 1. The molecule has 0 saturated carbocycles. The number of rotatable bonds is 4. The molecule has 3 N–H and O–H groups in total. The van der Waals surface area contributed by atoms with Crippen LogP contribution in [0.4, 0.5) is 0 Å². The quantitative estimate of drug-likeness (QED) is 0.716. The smallest absolute Gasteiger partial charge is 0.272 e. The molecule has 2 aromatic heterocycles. The van der Waals surface area contributed by atoms with E-state index in [9.17, 15) is 4.79 Å². The van der Waals surface area contributed by atoms with Crippen molar-refractivity contribution in [1.29, 1.82) is 0 Å². The number of H-pyrrole nitrogens is 1. The first-order valence-corrected chi connectivity index (χ1v) is 5.46. The van der Waals surface area contributed by atoms with E-state index in [1.165, 1.54) is 0 Å². The zero-order chi connectivity index (χ0) is 12.3. The number of aliphatic hydroxyl groups excluding tert-OH is 1. The van der Waals surface area contributed by atoms with Crippen LogP contribution in [0.5, 0.6) is 0 Å². The van der Waals surface area contributed by atoms with Gasteiger partial charge in [0.25, 0.3) is 5.91 Å². The molecule has 2 aromatic rings. The summed E-state index contributed by atoms with van der Waals surface area (Å²) in [4.78, 5) is 15.9. The van der Waals surface area contributed by atoms with Crippen molar-refractivity contribution in [2.75, 3.05) is 6.61 Å². The minimum Gasteiger partial charge on any atom is -0.394 e. The fourth-order valence-electron chi connectivity index (χ4n) is 1.56. The molecule has 0 aliphatic heterocycles. The van der Waals surface area contributed by atoms with Gasteiger partial charge in [0, 0.05) is 12.4 Å². The van der Waals surface area contributed by atoms with Gasteiger partial charge in [0.05, 0.1) is 23.6 Å². The van der Waals surface area contributed by atoms with Crippen LogP contribution >= 0.6 is 0 Å². The van der Waals surface area contributed by atoms with E-state index in [1.54, 1.807) is 18.5 Å². The summed E-state index contributed by atoms with van der Waals surface area (Å²) in [6, 6.07) is 1.51. The van der Waals surface area contributed by atoms with E-state index in [-0.39, 0.29) is 18.6 Å². The summed E-state index contributed by atoms with van der Waals surface area (Å²) in [7, 11) is 0. The topological polar surface area (TPSA) is 90.9 Å². The van der Waals surface area contributed by atoms with Crippen LogP contribution in [0.2, 0.25) is 0 Å². The summed E-state index contributed by atoms with van der Waals surface area (Å²) < 4.78 is 0. The van der Waals surface area contributed by atoms with Gasteiger partial charge in [-0.1, -0.05) is 6.92 Å². The third-order valence-electron chi connectivity index (χ3n) is 2.63. The molecule has 1 amide bonds. The molecule has 0 aliphatic rings. The van der Waals surface area contributed by atoms with Crippen molar-refractivity contribution in [1.82, 2.24) is 20.5 Å². The van der Waals surface area contributed by atoms with Gasteiger partial charge in [-0.3, -0.25) is 14.9 Å². The Kier molecular flexibility index (Phi) is 3.34. The molecule has 0 bridgehead atoms. The minimum absolute atomic E-state index is 0.0805. The van der Waals surface area contributed by atoms with Gasteiger partial charge in [0.15, 0.2) is 5.69 Å². The Morgan fingerprint density at radius 1 is 1.65 bits per heavy atom. The second kappa shape index (κ2) is 4.92. The van der Waals surface area contributed by atoms with Crippen LogP contribution in [-0.4, -0.2) is 38.8 Å². The molecule has 0 radical (unpaired) electrons. The fourth-order valence-corrected chi connectivity index (χ4v) is 1.56. The van der Waals surface area contributed by atoms with Crippen LogP contribution in [0.15, 0.2) is 18.5 Å². The van der Waals surface area contributed by atoms with E-state index >= 15 is 0 Å². The lowest BCUT2D eigenvalue weighted by Crippen LogP contribution is -2.37. The highest BCUT2D eigenvalue weighted by Crippen LogP contribution is 2.13. The maximum atomic E-state index is 11.9. The van der Waals surface area contributed by atoms with Crippen molar-refractivity contribution in [2.45, 2.75) is 19.4 Å². The predicted molar refractivity (Wildman–Crippen MR) is 62.5 cm³/mol. The van der Waals surface area contributed by atoms with Crippen molar-refractivity contribution in [3.05, 3.63) is 24.2 Å². The highest BCUT2D eigenvalue weighted by molar-refractivity contribution is 6.04. The molecule has 0 fully saturated rings. The van der Waals surface area contributed by atoms with Crippen LogP contribution in [0.1, 0.15) is 23.8 Å². The van der Waals surface area contributed by atoms with E-state index in [1.807, 2.05) is 6.92 Å². The number of nitrogens with zero attached hydrogens (tertiary/aromatic N) is 2. The van der Waals surface area contributed by atoms with Crippen LogP contribution in [0, 0.1) is 0 Å². The van der Waals surface area contributed by atoms with Gasteiger partial charge in [-0.05, 0) is 12.5 Å². The summed E-state index contributed by atoms with van der Waals surface area (Å²) in [5.41, 5.74) is 1.07. The first-order valence-electron chi connectivity index (χ1n) is 5.46. The van der Waals surface area contributed by atoms with Crippen molar-refractivity contribution < 1.29 is 9.90 Å². The monoisotopic (exact) mass is 234 g/mol. The standard InChI is InChI=1S/C11H14N4O2/c1-2-7(6-16)13-11(17)10-8-5-12-4-3-9(8)14-15-10/h3-5,7,16H,2,6H2,1H3,(H,13,17)(H,14,15). The van der Waals surface area contributed by atoms with E-state index in [2.05, 4.69) is 20.5 Å². The number of carbonyl (C=O) groups excluding carboxylic acids is 1. The first kappa shape index (κ1) is 11.5. The van der Waals surface area contributed by atoms with Crippen LogP contribution in [-0.2, 0) is 0 Å². The van der Waals surface area contributed by atoms with Crippen molar-refractivity contribution in [3.63, 3.8) is 0 Å². The van der Waals surface area contributed by atoms with Crippen LogP contribution < -0.4 is 5.32 Å². The summed E-state index contributed by atoms with van der Waals surface area (Å²) in [5, 5.41) is 19.1. The van der Waals surface area contributed by atoms with Gasteiger partial charge in [0.1, 0.15) is 0 Å². The van der Waals surface area contributed by atoms with Gasteiger partial charge in [-0.15, -0.1) is 0 Å². The maximum absolute atomic E-state index is 11.9. The molecule has 17 heavy (non-hydrogen) atoms. The lowest BCUT2D eigenvalue weighted by atomic mass is 10.2. The molecular formula is C11H14N4O2. The number of fused-ring (bicyclic) bond motifs is 1. The molecule has 0 aromatic carbocycles. The molecule has 6 nitrogen and oxygen atoms in total. The zero-order valence-corrected chi connectivity index (χ0v) is 9.47. The Morgan fingerprint density at radius 3 is 3.18 bits per heavy atom. The van der Waals surface area contributed by atoms with Gasteiger partial charge >= 0.3 is 0 Å². The van der Waals surface area contributed by atoms with Gasteiger partial charge in [-0.2, -0.15) is 5.10 Å². The number of carbonyl (C=O) groups is 1. The lowest BCUT2D eigenvalue weighted by Gasteiger charge is -2.12. The molecular weight excluding hydrogens is 220 g/mol. The summed E-state index contributed by atoms with van der Waals surface area (Å²) >= 11 is 0. The van der Waals surface area contributed by atoms with E-state index < -0.39 is 0 Å². The van der Waals surface area contributed by atoms with E-state index in [0.29, 0.717) is 17.5 Å². The van der Waals surface area contributed by atoms with Gasteiger partial charge in [0.2, 0.25) is 0 Å². The predicted octanol–water partition coefficient (Wildman–Crippen LogP) is 0.459. The highest BCUT2D eigenvalue weighted by atomic mass is 16.3. The zero-order valence-electron chi connectivity index (χ0n) is 9.47. The van der Waals surface area contributed by atoms with Crippen LogP contribution in [0.25, 0.3) is 10.9 Å². The summed E-state index contributed by atoms with van der Waals surface area (Å²) in [5.74, 6) is -0.301. The second-order valence-electron chi connectivity index (χ2n) is 3.75. The first-order chi connectivity index (χ1) is 8.26. The largest absolute Gasteiger partial charge is 0.394 e. The fraction of sp³-hybridized carbons (Fsp3) is 0.364. The summed E-state index contributed by atoms with van der Waals surface area (Å²) in [6.45, 7) is 1.81. The molecule has 2 rings (SSSR count). The van der Waals surface area contributed by atoms with Crippen molar-refractivity contribution in [2.24, 2.45) is 0 Å². The number of hydrogen-bond donors (Lipinski definition) is 3. The highest BCUT2D eigenvalue weighted by Gasteiger charge is 2.16. The Bertz CT molecular complexity index is 519. The minimum atomic E-state index is -0.301. The third-order valence-corrected chi connectivity index (χ3v) is 2.63. The Balaban J connectivity index is 2.25. The molecule has 0 saturated heterocycles. The average molecular weight is 234 g/mol. The maximum Gasteiger partial charge on any atom is 0.272 e. The van der Waals surface area contributed by atoms with Crippen molar-refractivity contribution >= 4 is 16.8 Å². The van der Waals surface area contributed by atoms with Crippen molar-refractivity contribution in [3.8, 4) is 0 Å². The number of nitrogens with one attached hydrogen (secondary N) is 2.